The zero-order valence-corrected chi connectivity index (χ0v) is 12.9. The average Bonchev–Trinajstić information content (AvgIpc) is 2.53. The fraction of sp³-hybridized carbons (Fsp3) is 0.333. The lowest BCUT2D eigenvalue weighted by Gasteiger charge is -2.36. The molecule has 0 unspecified atom stereocenters. The standard InChI is InChI=1S/C15H15BrN2O3/c16-11-12(19)17-14(18-13(11)20)15(6-8-21-9-7-15)10-4-2-1-3-5-10/h1-5H,6-9H2,(H2,17,18,19,20). The van der Waals surface area contributed by atoms with Crippen LogP contribution in [0.4, 0.5) is 0 Å². The number of hydrogen-bond donors (Lipinski definition) is 2. The van der Waals surface area contributed by atoms with Crippen LogP contribution in [0.25, 0.3) is 0 Å². The third kappa shape index (κ3) is 2.49. The average molecular weight is 351 g/mol. The van der Waals surface area contributed by atoms with E-state index in [1.165, 1.54) is 0 Å². The molecular weight excluding hydrogens is 336 g/mol. The Morgan fingerprint density at radius 3 is 2.52 bits per heavy atom. The van der Waals surface area contributed by atoms with Crippen LogP contribution in [0.3, 0.4) is 0 Å². The lowest BCUT2D eigenvalue weighted by atomic mass is 9.73. The number of nitrogens with one attached hydrogen (secondary N) is 1. The minimum absolute atomic E-state index is 0.0570. The van der Waals surface area contributed by atoms with Crippen molar-refractivity contribution in [3.8, 4) is 5.88 Å². The fourth-order valence-electron chi connectivity index (χ4n) is 2.81. The molecule has 21 heavy (non-hydrogen) atoms. The normalized spacial score (nSPS) is 17.6. The van der Waals surface area contributed by atoms with Gasteiger partial charge in [-0.1, -0.05) is 30.3 Å². The molecule has 0 radical (unpaired) electrons. The van der Waals surface area contributed by atoms with Crippen LogP contribution in [0.5, 0.6) is 5.88 Å². The highest BCUT2D eigenvalue weighted by molar-refractivity contribution is 9.10. The molecule has 110 valence electrons. The molecule has 0 atom stereocenters. The highest BCUT2D eigenvalue weighted by atomic mass is 79.9. The van der Waals surface area contributed by atoms with Gasteiger partial charge in [-0.2, -0.15) is 4.98 Å². The summed E-state index contributed by atoms with van der Waals surface area (Å²) >= 11 is 3.03. The Kier molecular flexibility index (Phi) is 3.82. The molecule has 1 saturated heterocycles. The van der Waals surface area contributed by atoms with Gasteiger partial charge in [0, 0.05) is 13.2 Å². The van der Waals surface area contributed by atoms with Crippen molar-refractivity contribution in [2.24, 2.45) is 0 Å². The van der Waals surface area contributed by atoms with E-state index in [9.17, 15) is 9.90 Å². The van der Waals surface area contributed by atoms with E-state index in [2.05, 4.69) is 25.9 Å². The summed E-state index contributed by atoms with van der Waals surface area (Å²) in [5.41, 5.74) is 0.258. The van der Waals surface area contributed by atoms with Gasteiger partial charge < -0.3 is 14.8 Å². The predicted octanol–water partition coefficient (Wildman–Crippen LogP) is 2.33. The van der Waals surface area contributed by atoms with Crippen LogP contribution < -0.4 is 5.56 Å². The number of nitrogens with zero attached hydrogens (tertiary/aromatic N) is 1. The quantitative estimate of drug-likeness (QED) is 0.871. The smallest absolute Gasteiger partial charge is 0.269 e. The van der Waals surface area contributed by atoms with Crippen LogP contribution in [0, 0.1) is 0 Å². The molecule has 0 amide bonds. The van der Waals surface area contributed by atoms with Gasteiger partial charge in [-0.3, -0.25) is 4.79 Å². The van der Waals surface area contributed by atoms with Gasteiger partial charge in [0.05, 0.1) is 5.41 Å². The van der Waals surface area contributed by atoms with Gasteiger partial charge in [0.1, 0.15) is 10.3 Å². The molecule has 1 aromatic heterocycles. The van der Waals surface area contributed by atoms with E-state index in [1.54, 1.807) is 0 Å². The topological polar surface area (TPSA) is 75.2 Å². The first-order chi connectivity index (χ1) is 10.1. The maximum Gasteiger partial charge on any atom is 0.269 e. The van der Waals surface area contributed by atoms with E-state index in [1.807, 2.05) is 30.3 Å². The third-order valence-electron chi connectivity index (χ3n) is 3.97. The zero-order chi connectivity index (χ0) is 14.9. The molecule has 5 nitrogen and oxygen atoms in total. The Morgan fingerprint density at radius 1 is 1.24 bits per heavy atom. The van der Waals surface area contributed by atoms with E-state index < -0.39 is 5.41 Å². The highest BCUT2D eigenvalue weighted by Gasteiger charge is 2.39. The summed E-state index contributed by atoms with van der Waals surface area (Å²) in [5.74, 6) is 0.207. The lowest BCUT2D eigenvalue weighted by molar-refractivity contribution is 0.0601. The molecule has 1 fully saturated rings. The van der Waals surface area contributed by atoms with E-state index in [4.69, 9.17) is 4.74 Å². The summed E-state index contributed by atoms with van der Waals surface area (Å²) < 4.78 is 5.52. The van der Waals surface area contributed by atoms with Crippen molar-refractivity contribution < 1.29 is 9.84 Å². The van der Waals surface area contributed by atoms with Gasteiger partial charge in [-0.25, -0.2) is 0 Å². The number of hydrogen-bond acceptors (Lipinski definition) is 4. The summed E-state index contributed by atoms with van der Waals surface area (Å²) in [6, 6.07) is 9.91. The summed E-state index contributed by atoms with van der Waals surface area (Å²) in [6.45, 7) is 1.19. The molecule has 1 aliphatic rings. The number of aromatic hydroxyl groups is 1. The van der Waals surface area contributed by atoms with Gasteiger partial charge in [0.25, 0.3) is 5.56 Å². The molecular formula is C15H15BrN2O3. The molecule has 0 saturated carbocycles. The first-order valence-corrected chi connectivity index (χ1v) is 7.55. The molecule has 0 spiro atoms. The zero-order valence-electron chi connectivity index (χ0n) is 11.3. The second-order valence-corrected chi connectivity index (χ2v) is 5.91. The van der Waals surface area contributed by atoms with Crippen LogP contribution in [-0.4, -0.2) is 28.3 Å². The van der Waals surface area contributed by atoms with Crippen LogP contribution in [0.2, 0.25) is 0 Å². The minimum atomic E-state index is -0.434. The van der Waals surface area contributed by atoms with Gasteiger partial charge in [-0.05, 0) is 34.3 Å². The molecule has 1 aliphatic heterocycles. The number of benzene rings is 1. The van der Waals surface area contributed by atoms with Crippen molar-refractivity contribution >= 4 is 15.9 Å². The highest BCUT2D eigenvalue weighted by Crippen LogP contribution is 2.39. The predicted molar refractivity (Wildman–Crippen MR) is 81.5 cm³/mol. The minimum Gasteiger partial charge on any atom is -0.492 e. The number of H-pyrrole nitrogens is 1. The van der Waals surface area contributed by atoms with Gasteiger partial charge in [0.15, 0.2) is 0 Å². The van der Waals surface area contributed by atoms with E-state index in [-0.39, 0.29) is 15.9 Å². The second kappa shape index (κ2) is 5.61. The van der Waals surface area contributed by atoms with Gasteiger partial charge in [-0.15, -0.1) is 0 Å². The van der Waals surface area contributed by atoms with Crippen molar-refractivity contribution in [3.05, 3.63) is 56.5 Å². The van der Waals surface area contributed by atoms with Crippen molar-refractivity contribution in [2.45, 2.75) is 18.3 Å². The third-order valence-corrected chi connectivity index (χ3v) is 4.69. The van der Waals surface area contributed by atoms with Gasteiger partial charge >= 0.3 is 0 Å². The van der Waals surface area contributed by atoms with Crippen LogP contribution in [-0.2, 0) is 10.2 Å². The maximum atomic E-state index is 11.9. The molecule has 2 aromatic rings. The molecule has 0 bridgehead atoms. The maximum absolute atomic E-state index is 11.9. The summed E-state index contributed by atoms with van der Waals surface area (Å²) in [6.07, 6.45) is 1.42. The first kappa shape index (κ1) is 14.3. The number of ether oxygens (including phenoxy) is 1. The Morgan fingerprint density at radius 2 is 1.90 bits per heavy atom. The molecule has 2 N–H and O–H groups in total. The summed E-state index contributed by atoms with van der Waals surface area (Å²) in [5, 5.41) is 9.86. The second-order valence-electron chi connectivity index (χ2n) is 5.11. The number of rotatable bonds is 2. The van der Waals surface area contributed by atoms with Crippen molar-refractivity contribution in [3.63, 3.8) is 0 Å². The number of aromatic amines is 1. The monoisotopic (exact) mass is 350 g/mol. The van der Waals surface area contributed by atoms with Gasteiger partial charge in [0.2, 0.25) is 5.88 Å². The van der Waals surface area contributed by atoms with Crippen molar-refractivity contribution in [1.29, 1.82) is 0 Å². The first-order valence-electron chi connectivity index (χ1n) is 6.76. The van der Waals surface area contributed by atoms with Crippen LogP contribution in [0.15, 0.2) is 39.6 Å². The Balaban J connectivity index is 2.19. The van der Waals surface area contributed by atoms with E-state index >= 15 is 0 Å². The molecule has 2 heterocycles. The van der Waals surface area contributed by atoms with E-state index in [0.717, 1.165) is 5.56 Å². The SMILES string of the molecule is O=c1[nH]c(C2(c3ccccc3)CCOCC2)nc(O)c1Br. The Labute approximate surface area is 130 Å². The largest absolute Gasteiger partial charge is 0.492 e. The summed E-state index contributed by atoms with van der Waals surface area (Å²) in [7, 11) is 0. The summed E-state index contributed by atoms with van der Waals surface area (Å²) in [4.78, 5) is 18.9. The Hall–Kier alpha value is -1.66. The van der Waals surface area contributed by atoms with Crippen molar-refractivity contribution in [2.75, 3.05) is 13.2 Å². The number of aromatic nitrogens is 2. The fourth-order valence-corrected chi connectivity index (χ4v) is 3.00. The lowest BCUT2D eigenvalue weighted by Crippen LogP contribution is -2.38. The van der Waals surface area contributed by atoms with Crippen molar-refractivity contribution in [1.82, 2.24) is 9.97 Å². The molecule has 3 rings (SSSR count). The Bertz CT molecular complexity index is 694. The number of halogens is 1. The van der Waals surface area contributed by atoms with Crippen LogP contribution >= 0.6 is 15.9 Å². The molecule has 1 aromatic carbocycles. The van der Waals surface area contributed by atoms with Crippen LogP contribution in [0.1, 0.15) is 24.2 Å². The van der Waals surface area contributed by atoms with E-state index in [0.29, 0.717) is 31.9 Å². The molecule has 0 aliphatic carbocycles. The molecule has 6 heteroatoms.